The quantitative estimate of drug-likeness (QED) is 0.683. The van der Waals surface area contributed by atoms with E-state index in [2.05, 4.69) is 16.0 Å². The molecule has 1 aromatic rings. The van der Waals surface area contributed by atoms with Gasteiger partial charge in [0.25, 0.3) is 5.91 Å². The number of hydrogen-bond donors (Lipinski definition) is 3. The maximum absolute atomic E-state index is 12.8. The number of amides is 6. The van der Waals surface area contributed by atoms with Crippen molar-refractivity contribution in [1.82, 2.24) is 20.9 Å². The smallest absolute Gasteiger partial charge is 0.325 e. The SMILES string of the molecule is CC[C@@]1(c2ccc(Cl)cc2)NC(=O)N(CCC(=O)NC(=O)NC)C1=O. The van der Waals surface area contributed by atoms with E-state index in [9.17, 15) is 19.2 Å². The highest BCUT2D eigenvalue weighted by molar-refractivity contribution is 6.30. The molecule has 0 unspecified atom stereocenters. The maximum Gasteiger partial charge on any atom is 0.325 e. The van der Waals surface area contributed by atoms with Crippen LogP contribution in [0, 0.1) is 0 Å². The second-order valence-corrected chi connectivity index (χ2v) is 5.97. The lowest BCUT2D eigenvalue weighted by atomic mass is 9.87. The third-order valence-electron chi connectivity index (χ3n) is 4.09. The highest BCUT2D eigenvalue weighted by Crippen LogP contribution is 2.33. The third kappa shape index (κ3) is 3.74. The van der Waals surface area contributed by atoms with Gasteiger partial charge in [0.05, 0.1) is 0 Å². The van der Waals surface area contributed by atoms with E-state index in [1.54, 1.807) is 31.2 Å². The van der Waals surface area contributed by atoms with Crippen molar-refractivity contribution >= 4 is 35.5 Å². The summed E-state index contributed by atoms with van der Waals surface area (Å²) in [7, 11) is 1.38. The predicted molar refractivity (Wildman–Crippen MR) is 90.9 cm³/mol. The van der Waals surface area contributed by atoms with E-state index in [4.69, 9.17) is 11.6 Å². The number of urea groups is 2. The summed E-state index contributed by atoms with van der Waals surface area (Å²) in [4.78, 5) is 48.8. The summed E-state index contributed by atoms with van der Waals surface area (Å²) in [6, 6.07) is 5.44. The van der Waals surface area contributed by atoms with Crippen molar-refractivity contribution in [3.63, 3.8) is 0 Å². The van der Waals surface area contributed by atoms with E-state index in [1.807, 2.05) is 0 Å². The molecule has 3 N–H and O–H groups in total. The van der Waals surface area contributed by atoms with Crippen molar-refractivity contribution in [2.45, 2.75) is 25.3 Å². The number of nitrogens with one attached hydrogen (secondary N) is 3. The minimum atomic E-state index is -1.18. The molecular weight excluding hydrogens is 348 g/mol. The van der Waals surface area contributed by atoms with Crippen LogP contribution in [-0.4, -0.2) is 42.4 Å². The molecule has 6 amide bonds. The Kier molecular flexibility index (Phi) is 5.63. The monoisotopic (exact) mass is 366 g/mol. The van der Waals surface area contributed by atoms with E-state index in [1.165, 1.54) is 7.05 Å². The van der Waals surface area contributed by atoms with Crippen LogP contribution in [0.15, 0.2) is 24.3 Å². The summed E-state index contributed by atoms with van der Waals surface area (Å²) >= 11 is 5.88. The van der Waals surface area contributed by atoms with E-state index in [-0.39, 0.29) is 13.0 Å². The fourth-order valence-corrected chi connectivity index (χ4v) is 2.79. The van der Waals surface area contributed by atoms with Crippen LogP contribution in [-0.2, 0) is 15.1 Å². The topological polar surface area (TPSA) is 108 Å². The third-order valence-corrected chi connectivity index (χ3v) is 4.34. The molecule has 1 aliphatic rings. The lowest BCUT2D eigenvalue weighted by Crippen LogP contribution is -2.44. The number of hydrogen-bond acceptors (Lipinski definition) is 4. The first-order chi connectivity index (χ1) is 11.8. The molecule has 1 atom stereocenters. The summed E-state index contributed by atoms with van der Waals surface area (Å²) in [6.07, 6.45) is 0.174. The Hall–Kier alpha value is -2.61. The van der Waals surface area contributed by atoms with Crippen molar-refractivity contribution < 1.29 is 19.2 Å². The Morgan fingerprint density at radius 3 is 2.44 bits per heavy atom. The number of carbonyl (C=O) groups is 4. The van der Waals surface area contributed by atoms with Crippen molar-refractivity contribution in [2.24, 2.45) is 0 Å². The van der Waals surface area contributed by atoms with Gasteiger partial charge in [0.2, 0.25) is 5.91 Å². The first kappa shape index (κ1) is 18.7. The van der Waals surface area contributed by atoms with E-state index in [0.717, 1.165) is 4.90 Å². The predicted octanol–water partition coefficient (Wildman–Crippen LogP) is 1.34. The Morgan fingerprint density at radius 2 is 1.88 bits per heavy atom. The lowest BCUT2D eigenvalue weighted by molar-refractivity contribution is -0.132. The molecule has 0 aromatic heterocycles. The van der Waals surface area contributed by atoms with Gasteiger partial charge in [0.15, 0.2) is 0 Å². The largest absolute Gasteiger partial charge is 0.341 e. The average molecular weight is 367 g/mol. The fraction of sp³-hybridized carbons (Fsp3) is 0.375. The first-order valence-corrected chi connectivity index (χ1v) is 8.13. The van der Waals surface area contributed by atoms with Gasteiger partial charge in [-0.1, -0.05) is 30.7 Å². The number of rotatable bonds is 5. The van der Waals surface area contributed by atoms with Crippen LogP contribution in [0.25, 0.3) is 0 Å². The lowest BCUT2D eigenvalue weighted by Gasteiger charge is -2.25. The Labute approximate surface area is 149 Å². The molecule has 8 nitrogen and oxygen atoms in total. The van der Waals surface area contributed by atoms with Gasteiger partial charge >= 0.3 is 12.1 Å². The van der Waals surface area contributed by atoms with Crippen molar-refractivity contribution in [3.05, 3.63) is 34.9 Å². The number of benzene rings is 1. The summed E-state index contributed by atoms with van der Waals surface area (Å²) in [5.74, 6) is -1.02. The molecule has 1 aromatic carbocycles. The van der Waals surface area contributed by atoms with Crippen LogP contribution in [0.1, 0.15) is 25.3 Å². The van der Waals surface area contributed by atoms with Gasteiger partial charge in [-0.05, 0) is 24.1 Å². The maximum atomic E-state index is 12.8. The Balaban J connectivity index is 2.13. The zero-order valence-corrected chi connectivity index (χ0v) is 14.6. The minimum absolute atomic E-state index is 0.122. The van der Waals surface area contributed by atoms with Crippen molar-refractivity contribution in [1.29, 1.82) is 0 Å². The number of nitrogens with zero attached hydrogens (tertiary/aromatic N) is 1. The molecule has 2 rings (SSSR count). The van der Waals surface area contributed by atoms with E-state index < -0.39 is 29.4 Å². The fourth-order valence-electron chi connectivity index (χ4n) is 2.67. The molecule has 0 bridgehead atoms. The summed E-state index contributed by atoms with van der Waals surface area (Å²) < 4.78 is 0. The second kappa shape index (κ2) is 7.52. The van der Waals surface area contributed by atoms with Crippen molar-refractivity contribution in [2.75, 3.05) is 13.6 Å². The van der Waals surface area contributed by atoms with Gasteiger partial charge in [-0.3, -0.25) is 19.8 Å². The van der Waals surface area contributed by atoms with E-state index >= 15 is 0 Å². The molecule has 25 heavy (non-hydrogen) atoms. The minimum Gasteiger partial charge on any atom is -0.341 e. The van der Waals surface area contributed by atoms with Crippen LogP contribution in [0.4, 0.5) is 9.59 Å². The van der Waals surface area contributed by atoms with Gasteiger partial charge in [-0.2, -0.15) is 0 Å². The molecule has 0 radical (unpaired) electrons. The Bertz CT molecular complexity index is 707. The molecule has 1 aliphatic heterocycles. The molecule has 0 spiro atoms. The molecule has 1 heterocycles. The molecule has 9 heteroatoms. The van der Waals surface area contributed by atoms with Crippen LogP contribution in [0.2, 0.25) is 5.02 Å². The molecule has 0 saturated carbocycles. The van der Waals surface area contributed by atoms with Gasteiger partial charge in [0, 0.05) is 25.0 Å². The van der Waals surface area contributed by atoms with Gasteiger partial charge < -0.3 is 10.6 Å². The highest BCUT2D eigenvalue weighted by atomic mass is 35.5. The second-order valence-electron chi connectivity index (χ2n) is 5.53. The van der Waals surface area contributed by atoms with Gasteiger partial charge in [-0.15, -0.1) is 0 Å². The zero-order chi connectivity index (χ0) is 18.6. The van der Waals surface area contributed by atoms with E-state index in [0.29, 0.717) is 17.0 Å². The Morgan fingerprint density at radius 1 is 1.24 bits per heavy atom. The normalized spacial score (nSPS) is 19.6. The first-order valence-electron chi connectivity index (χ1n) is 7.75. The average Bonchev–Trinajstić information content (AvgIpc) is 2.84. The molecule has 134 valence electrons. The summed E-state index contributed by atoms with van der Waals surface area (Å²) in [5.41, 5.74) is -0.561. The molecule has 1 fully saturated rings. The van der Waals surface area contributed by atoms with Crippen LogP contribution >= 0.6 is 11.6 Å². The summed E-state index contributed by atoms with van der Waals surface area (Å²) in [6.45, 7) is 1.66. The van der Waals surface area contributed by atoms with Crippen molar-refractivity contribution in [3.8, 4) is 0 Å². The van der Waals surface area contributed by atoms with Crippen LogP contribution in [0.3, 0.4) is 0 Å². The number of halogens is 1. The van der Waals surface area contributed by atoms with Gasteiger partial charge in [-0.25, -0.2) is 9.59 Å². The van der Waals surface area contributed by atoms with Gasteiger partial charge in [0.1, 0.15) is 5.54 Å². The van der Waals surface area contributed by atoms with Crippen LogP contribution in [0.5, 0.6) is 0 Å². The zero-order valence-electron chi connectivity index (χ0n) is 13.9. The number of carbonyl (C=O) groups excluding carboxylic acids is 4. The highest BCUT2D eigenvalue weighted by Gasteiger charge is 2.51. The standard InChI is InChI=1S/C16H19ClN4O4/c1-3-16(10-4-6-11(17)7-5-10)13(23)21(15(25)20-16)9-8-12(22)19-14(24)18-2/h4-7H,3,8-9H2,1-2H3,(H,20,25)(H2,18,19,22,24)/t16-/m0/s1. The summed E-state index contributed by atoms with van der Waals surface area (Å²) in [5, 5.41) is 7.57. The molecular formula is C16H19ClN4O4. The molecule has 1 saturated heterocycles. The van der Waals surface area contributed by atoms with Crippen LogP contribution < -0.4 is 16.0 Å². The molecule has 0 aliphatic carbocycles. The number of imide groups is 2.